The number of nitrogens with zero attached hydrogens (tertiary/aromatic N) is 1. The summed E-state index contributed by atoms with van der Waals surface area (Å²) in [6.07, 6.45) is 0. The lowest BCUT2D eigenvalue weighted by Gasteiger charge is -2.04. The van der Waals surface area contributed by atoms with E-state index in [0.29, 0.717) is 17.0 Å². The third-order valence-electron chi connectivity index (χ3n) is 1.56. The summed E-state index contributed by atoms with van der Waals surface area (Å²) in [5.74, 6) is -0.00880. The van der Waals surface area contributed by atoms with E-state index in [4.69, 9.17) is 10.8 Å². The summed E-state index contributed by atoms with van der Waals surface area (Å²) in [4.78, 5) is 3.87. The zero-order valence-corrected chi connectivity index (χ0v) is 7.18. The zero-order valence-electron chi connectivity index (χ0n) is 7.18. The molecule has 0 aliphatic carbocycles. The summed E-state index contributed by atoms with van der Waals surface area (Å²) in [7, 11) is 1.65. The molecule has 11 heavy (non-hydrogen) atoms. The van der Waals surface area contributed by atoms with Gasteiger partial charge in [-0.25, -0.2) is 0 Å². The van der Waals surface area contributed by atoms with Crippen LogP contribution in [0.25, 0.3) is 0 Å². The Bertz CT molecular complexity index is 226. The van der Waals surface area contributed by atoms with Crippen molar-refractivity contribution in [3.63, 3.8) is 0 Å². The molecule has 0 aliphatic rings. The molecule has 0 heterocycles. The van der Waals surface area contributed by atoms with Crippen LogP contribution < -0.4 is 5.73 Å². The van der Waals surface area contributed by atoms with Gasteiger partial charge in [0, 0.05) is 12.6 Å². The van der Waals surface area contributed by atoms with E-state index in [2.05, 4.69) is 11.6 Å². The standard InChI is InChI=1S/C8H14N2O/c1-5(7(3)11)8(9)6(2)10-4/h11H,3,9H2,1-2,4H3/b8-5+,10-6?. The summed E-state index contributed by atoms with van der Waals surface area (Å²) < 4.78 is 0. The number of hydrogen-bond donors (Lipinski definition) is 2. The largest absolute Gasteiger partial charge is 0.508 e. The Morgan fingerprint density at radius 3 is 2.18 bits per heavy atom. The fourth-order valence-electron chi connectivity index (χ4n) is 0.547. The number of allylic oxidation sites excluding steroid dienone is 2. The van der Waals surface area contributed by atoms with Crippen molar-refractivity contribution >= 4 is 5.71 Å². The third kappa shape index (κ3) is 2.45. The van der Waals surface area contributed by atoms with Gasteiger partial charge in [0.1, 0.15) is 5.76 Å². The minimum absolute atomic E-state index is 0.00880. The molecule has 0 fully saturated rings. The van der Waals surface area contributed by atoms with Gasteiger partial charge in [0.2, 0.25) is 0 Å². The first-order chi connectivity index (χ1) is 5.00. The van der Waals surface area contributed by atoms with Crippen LogP contribution in [0.1, 0.15) is 13.8 Å². The maximum Gasteiger partial charge on any atom is 0.113 e. The SMILES string of the molecule is C=C(O)/C(C)=C(/N)C(C)=NC. The lowest BCUT2D eigenvalue weighted by atomic mass is 10.1. The molecule has 0 bridgehead atoms. The van der Waals surface area contributed by atoms with Gasteiger partial charge in [0.05, 0.1) is 11.4 Å². The number of aliphatic hydroxyl groups excluding tert-OH is 1. The molecule has 0 unspecified atom stereocenters. The highest BCUT2D eigenvalue weighted by Gasteiger charge is 2.02. The van der Waals surface area contributed by atoms with Crippen molar-refractivity contribution < 1.29 is 5.11 Å². The van der Waals surface area contributed by atoms with Gasteiger partial charge in [-0.2, -0.15) is 0 Å². The van der Waals surface area contributed by atoms with Crippen molar-refractivity contribution in [1.82, 2.24) is 0 Å². The van der Waals surface area contributed by atoms with Gasteiger partial charge >= 0.3 is 0 Å². The molecule has 0 aromatic carbocycles. The summed E-state index contributed by atoms with van der Waals surface area (Å²) in [6, 6.07) is 0. The highest BCUT2D eigenvalue weighted by atomic mass is 16.3. The minimum atomic E-state index is -0.00880. The second-order valence-corrected chi connectivity index (χ2v) is 2.29. The van der Waals surface area contributed by atoms with E-state index in [0.717, 1.165) is 0 Å². The van der Waals surface area contributed by atoms with Gasteiger partial charge in [-0.1, -0.05) is 6.58 Å². The number of aliphatic hydroxyl groups is 1. The van der Waals surface area contributed by atoms with E-state index in [-0.39, 0.29) is 5.76 Å². The van der Waals surface area contributed by atoms with Crippen molar-refractivity contribution in [2.45, 2.75) is 13.8 Å². The second kappa shape index (κ2) is 3.81. The molecule has 0 atom stereocenters. The maximum atomic E-state index is 8.95. The van der Waals surface area contributed by atoms with Gasteiger partial charge in [-0.3, -0.25) is 4.99 Å². The van der Waals surface area contributed by atoms with Crippen LogP contribution in [0.4, 0.5) is 0 Å². The van der Waals surface area contributed by atoms with Gasteiger partial charge in [-0.15, -0.1) is 0 Å². The summed E-state index contributed by atoms with van der Waals surface area (Å²) >= 11 is 0. The van der Waals surface area contributed by atoms with Crippen LogP contribution in [0.2, 0.25) is 0 Å². The lowest BCUT2D eigenvalue weighted by molar-refractivity contribution is 0.425. The topological polar surface area (TPSA) is 58.6 Å². The normalized spacial score (nSPS) is 14.3. The number of nitrogens with two attached hydrogens (primary N) is 1. The first-order valence-electron chi connectivity index (χ1n) is 3.29. The van der Waals surface area contributed by atoms with E-state index in [1.165, 1.54) is 0 Å². The molecular weight excluding hydrogens is 140 g/mol. The van der Waals surface area contributed by atoms with E-state index in [1.54, 1.807) is 20.9 Å². The van der Waals surface area contributed by atoms with Gasteiger partial charge in [-0.05, 0) is 13.8 Å². The maximum absolute atomic E-state index is 8.95. The summed E-state index contributed by atoms with van der Waals surface area (Å²) in [6.45, 7) is 6.84. The summed E-state index contributed by atoms with van der Waals surface area (Å²) in [5, 5.41) is 8.95. The molecule has 3 N–H and O–H groups in total. The molecule has 0 saturated carbocycles. The highest BCUT2D eigenvalue weighted by molar-refractivity contribution is 5.98. The third-order valence-corrected chi connectivity index (χ3v) is 1.56. The van der Waals surface area contributed by atoms with Crippen LogP contribution in [-0.2, 0) is 0 Å². The molecule has 0 amide bonds. The first-order valence-corrected chi connectivity index (χ1v) is 3.29. The fraction of sp³-hybridized carbons (Fsp3) is 0.375. The second-order valence-electron chi connectivity index (χ2n) is 2.29. The predicted molar refractivity (Wildman–Crippen MR) is 47.7 cm³/mol. The predicted octanol–water partition coefficient (Wildman–Crippen LogP) is 1.38. The average Bonchev–Trinajstić information content (AvgIpc) is 2.00. The Labute approximate surface area is 66.9 Å². The number of aliphatic imine (C=N–C) groups is 1. The molecule has 0 aromatic heterocycles. The van der Waals surface area contributed by atoms with Gasteiger partial charge < -0.3 is 10.8 Å². The van der Waals surface area contributed by atoms with Crippen LogP contribution in [-0.4, -0.2) is 17.9 Å². The van der Waals surface area contributed by atoms with Crippen molar-refractivity contribution in [3.8, 4) is 0 Å². The fourth-order valence-corrected chi connectivity index (χ4v) is 0.547. The minimum Gasteiger partial charge on any atom is -0.508 e. The van der Waals surface area contributed by atoms with Crippen molar-refractivity contribution in [1.29, 1.82) is 0 Å². The van der Waals surface area contributed by atoms with Crippen LogP contribution >= 0.6 is 0 Å². The summed E-state index contributed by atoms with van der Waals surface area (Å²) in [5.41, 5.74) is 7.37. The molecule has 0 aromatic rings. The molecule has 0 rings (SSSR count). The Morgan fingerprint density at radius 2 is 1.91 bits per heavy atom. The molecule has 62 valence electrons. The Hall–Kier alpha value is -1.25. The molecular formula is C8H14N2O. The quantitative estimate of drug-likeness (QED) is 0.358. The Morgan fingerprint density at radius 1 is 1.45 bits per heavy atom. The lowest BCUT2D eigenvalue weighted by Crippen LogP contribution is -2.11. The van der Waals surface area contributed by atoms with E-state index < -0.39 is 0 Å². The Balaban J connectivity index is 4.81. The smallest absolute Gasteiger partial charge is 0.113 e. The van der Waals surface area contributed by atoms with Gasteiger partial charge in [0.15, 0.2) is 0 Å². The van der Waals surface area contributed by atoms with E-state index >= 15 is 0 Å². The number of rotatable bonds is 2. The Kier molecular flexibility index (Phi) is 3.37. The monoisotopic (exact) mass is 154 g/mol. The highest BCUT2D eigenvalue weighted by Crippen LogP contribution is 2.06. The van der Waals surface area contributed by atoms with Crippen molar-refractivity contribution in [2.75, 3.05) is 7.05 Å². The van der Waals surface area contributed by atoms with Crippen LogP contribution in [0.5, 0.6) is 0 Å². The van der Waals surface area contributed by atoms with Gasteiger partial charge in [0.25, 0.3) is 0 Å². The van der Waals surface area contributed by atoms with E-state index in [9.17, 15) is 0 Å². The zero-order chi connectivity index (χ0) is 9.02. The van der Waals surface area contributed by atoms with Crippen LogP contribution in [0, 0.1) is 0 Å². The molecule has 0 spiro atoms. The van der Waals surface area contributed by atoms with E-state index in [1.807, 2.05) is 0 Å². The average molecular weight is 154 g/mol. The molecule has 3 heteroatoms. The molecule has 0 aliphatic heterocycles. The van der Waals surface area contributed by atoms with Crippen molar-refractivity contribution in [3.05, 3.63) is 23.6 Å². The van der Waals surface area contributed by atoms with Crippen LogP contribution in [0.15, 0.2) is 28.6 Å². The molecule has 0 radical (unpaired) electrons. The van der Waals surface area contributed by atoms with Crippen LogP contribution in [0.3, 0.4) is 0 Å². The van der Waals surface area contributed by atoms with Crippen molar-refractivity contribution in [2.24, 2.45) is 10.7 Å². The first kappa shape index (κ1) is 9.75. The molecule has 0 saturated heterocycles. The number of hydrogen-bond acceptors (Lipinski definition) is 3. The molecule has 3 nitrogen and oxygen atoms in total.